The van der Waals surface area contributed by atoms with E-state index in [9.17, 15) is 18.0 Å². The van der Waals surface area contributed by atoms with Crippen molar-refractivity contribution >= 4 is 5.91 Å². The summed E-state index contributed by atoms with van der Waals surface area (Å²) in [5.74, 6) is 0.507. The number of halogens is 3. The molecule has 140 valence electrons. The van der Waals surface area contributed by atoms with Gasteiger partial charge < -0.3 is 14.6 Å². The molecule has 1 aromatic heterocycles. The smallest absolute Gasteiger partial charge is 0.416 e. The molecule has 0 bridgehead atoms. The van der Waals surface area contributed by atoms with E-state index in [0.29, 0.717) is 17.2 Å². The van der Waals surface area contributed by atoms with Crippen molar-refractivity contribution in [2.45, 2.75) is 12.7 Å². The fourth-order valence-electron chi connectivity index (χ4n) is 2.42. The average molecular weight is 376 g/mol. The minimum Gasteiger partial charge on any atom is -0.497 e. The number of benzene rings is 2. The number of ether oxygens (including phenoxy) is 1. The predicted molar refractivity (Wildman–Crippen MR) is 91.1 cm³/mol. The Bertz CT molecular complexity index is 951. The number of carbonyl (C=O) groups is 1. The number of carbonyl (C=O) groups excluding carboxylic acids is 1. The van der Waals surface area contributed by atoms with Gasteiger partial charge in [-0.05, 0) is 30.3 Å². The van der Waals surface area contributed by atoms with E-state index in [4.69, 9.17) is 9.26 Å². The fourth-order valence-corrected chi connectivity index (χ4v) is 2.42. The van der Waals surface area contributed by atoms with Crippen LogP contribution < -0.4 is 10.1 Å². The molecule has 0 unspecified atom stereocenters. The summed E-state index contributed by atoms with van der Waals surface area (Å²) in [5, 5.41) is 6.39. The van der Waals surface area contributed by atoms with E-state index < -0.39 is 17.6 Å². The lowest BCUT2D eigenvalue weighted by Gasteiger charge is -2.08. The number of hydrogen-bond acceptors (Lipinski definition) is 4. The van der Waals surface area contributed by atoms with Crippen LogP contribution in [0.2, 0.25) is 0 Å². The Labute approximate surface area is 152 Å². The molecule has 0 atom stereocenters. The molecule has 2 aromatic carbocycles. The molecule has 0 aliphatic carbocycles. The van der Waals surface area contributed by atoms with Gasteiger partial charge in [-0.15, -0.1) is 0 Å². The SMILES string of the molecule is COc1cccc(-c2cc(CNC(=O)c3cccc(C(F)(F)F)c3)no2)c1. The van der Waals surface area contributed by atoms with Gasteiger partial charge in [0.15, 0.2) is 5.76 Å². The Morgan fingerprint density at radius 3 is 2.67 bits per heavy atom. The van der Waals surface area contributed by atoms with Gasteiger partial charge in [-0.3, -0.25) is 4.79 Å². The molecular weight excluding hydrogens is 361 g/mol. The first-order valence-corrected chi connectivity index (χ1v) is 7.92. The van der Waals surface area contributed by atoms with Crippen molar-refractivity contribution in [2.75, 3.05) is 7.11 Å². The number of aromatic nitrogens is 1. The summed E-state index contributed by atoms with van der Waals surface area (Å²) in [7, 11) is 1.55. The maximum absolute atomic E-state index is 12.7. The van der Waals surface area contributed by atoms with Crippen molar-refractivity contribution in [3.8, 4) is 17.1 Å². The Hall–Kier alpha value is -3.29. The third kappa shape index (κ3) is 4.46. The highest BCUT2D eigenvalue weighted by Crippen LogP contribution is 2.29. The molecule has 5 nitrogen and oxygen atoms in total. The minimum atomic E-state index is -4.51. The van der Waals surface area contributed by atoms with Crippen molar-refractivity contribution in [1.82, 2.24) is 10.5 Å². The summed E-state index contributed by atoms with van der Waals surface area (Å²) in [5.41, 5.74) is 0.226. The summed E-state index contributed by atoms with van der Waals surface area (Å²) >= 11 is 0. The molecule has 1 N–H and O–H groups in total. The van der Waals surface area contributed by atoms with Gasteiger partial charge in [0, 0.05) is 17.2 Å². The summed E-state index contributed by atoms with van der Waals surface area (Å²) in [6, 6.07) is 13.0. The van der Waals surface area contributed by atoms with Crippen LogP contribution in [0.1, 0.15) is 21.6 Å². The molecular formula is C19H15F3N2O3. The van der Waals surface area contributed by atoms with Crippen LogP contribution in [0.5, 0.6) is 5.75 Å². The van der Waals surface area contributed by atoms with Crippen LogP contribution in [-0.2, 0) is 12.7 Å². The molecule has 0 spiro atoms. The van der Waals surface area contributed by atoms with Crippen LogP contribution >= 0.6 is 0 Å². The Kier molecular flexibility index (Phi) is 5.16. The second kappa shape index (κ2) is 7.53. The van der Waals surface area contributed by atoms with Gasteiger partial charge >= 0.3 is 6.18 Å². The number of methoxy groups -OCH3 is 1. The predicted octanol–water partition coefficient (Wildman–Crippen LogP) is 4.30. The largest absolute Gasteiger partial charge is 0.497 e. The highest BCUT2D eigenvalue weighted by Gasteiger charge is 2.30. The van der Waals surface area contributed by atoms with Crippen LogP contribution in [0.3, 0.4) is 0 Å². The molecule has 3 aromatic rings. The average Bonchev–Trinajstić information content (AvgIpc) is 3.14. The minimum absolute atomic E-state index is 0.0164. The standard InChI is InChI=1S/C19H15F3N2O3/c1-26-16-7-3-4-12(9-16)17-10-15(24-27-17)11-23-18(25)13-5-2-6-14(8-13)19(20,21)22/h2-10H,11H2,1H3,(H,23,25). The number of amides is 1. The van der Waals surface area contributed by atoms with Crippen molar-refractivity contribution in [1.29, 1.82) is 0 Å². The lowest BCUT2D eigenvalue weighted by Crippen LogP contribution is -2.23. The summed E-state index contributed by atoms with van der Waals surface area (Å²) in [4.78, 5) is 12.1. The molecule has 0 radical (unpaired) electrons. The molecule has 3 rings (SSSR count). The van der Waals surface area contributed by atoms with Crippen molar-refractivity contribution in [3.63, 3.8) is 0 Å². The second-order valence-electron chi connectivity index (χ2n) is 5.68. The highest BCUT2D eigenvalue weighted by molar-refractivity contribution is 5.94. The second-order valence-corrected chi connectivity index (χ2v) is 5.68. The quantitative estimate of drug-likeness (QED) is 0.721. The van der Waals surface area contributed by atoms with Gasteiger partial charge in [0.25, 0.3) is 5.91 Å². The normalized spacial score (nSPS) is 11.3. The van der Waals surface area contributed by atoms with E-state index in [0.717, 1.165) is 17.7 Å². The van der Waals surface area contributed by atoms with Crippen LogP contribution in [-0.4, -0.2) is 18.2 Å². The zero-order valence-electron chi connectivity index (χ0n) is 14.2. The zero-order chi connectivity index (χ0) is 19.4. The first-order chi connectivity index (χ1) is 12.9. The molecule has 1 amide bonds. The molecule has 0 saturated heterocycles. The first kappa shape index (κ1) is 18.5. The monoisotopic (exact) mass is 376 g/mol. The van der Waals surface area contributed by atoms with E-state index in [1.807, 2.05) is 6.07 Å². The lowest BCUT2D eigenvalue weighted by atomic mass is 10.1. The van der Waals surface area contributed by atoms with Crippen LogP contribution in [0, 0.1) is 0 Å². The number of alkyl halides is 3. The van der Waals surface area contributed by atoms with Crippen LogP contribution in [0.25, 0.3) is 11.3 Å². The van der Waals surface area contributed by atoms with E-state index >= 15 is 0 Å². The topological polar surface area (TPSA) is 64.4 Å². The number of rotatable bonds is 5. The first-order valence-electron chi connectivity index (χ1n) is 7.92. The summed E-state index contributed by atoms with van der Waals surface area (Å²) in [6.45, 7) is 0.0164. The maximum Gasteiger partial charge on any atom is 0.416 e. The van der Waals surface area contributed by atoms with Crippen molar-refractivity contribution < 1.29 is 27.2 Å². The van der Waals surface area contributed by atoms with Gasteiger partial charge in [0.1, 0.15) is 11.4 Å². The third-order valence-electron chi connectivity index (χ3n) is 3.80. The Morgan fingerprint density at radius 2 is 1.93 bits per heavy atom. The zero-order valence-corrected chi connectivity index (χ0v) is 14.2. The van der Waals surface area contributed by atoms with Crippen molar-refractivity contribution in [3.05, 3.63) is 71.4 Å². The Morgan fingerprint density at radius 1 is 1.15 bits per heavy atom. The lowest BCUT2D eigenvalue weighted by molar-refractivity contribution is -0.137. The highest BCUT2D eigenvalue weighted by atomic mass is 19.4. The summed E-state index contributed by atoms with van der Waals surface area (Å²) in [6.07, 6.45) is -4.51. The number of nitrogens with zero attached hydrogens (tertiary/aromatic N) is 1. The molecule has 0 aliphatic heterocycles. The number of nitrogens with one attached hydrogen (secondary N) is 1. The molecule has 0 aliphatic rings. The van der Waals surface area contributed by atoms with E-state index in [1.165, 1.54) is 12.1 Å². The maximum atomic E-state index is 12.7. The van der Waals surface area contributed by atoms with Crippen LogP contribution in [0.4, 0.5) is 13.2 Å². The van der Waals surface area contributed by atoms with Gasteiger partial charge in [-0.1, -0.05) is 23.4 Å². The van der Waals surface area contributed by atoms with E-state index in [-0.39, 0.29) is 12.1 Å². The fraction of sp³-hybridized carbons (Fsp3) is 0.158. The van der Waals surface area contributed by atoms with Gasteiger partial charge in [0.2, 0.25) is 0 Å². The van der Waals surface area contributed by atoms with Gasteiger partial charge in [-0.25, -0.2) is 0 Å². The molecule has 8 heteroatoms. The van der Waals surface area contributed by atoms with Crippen LogP contribution in [0.15, 0.2) is 59.1 Å². The molecule has 0 saturated carbocycles. The van der Waals surface area contributed by atoms with Crippen molar-refractivity contribution in [2.24, 2.45) is 0 Å². The summed E-state index contributed by atoms with van der Waals surface area (Å²) < 4.78 is 48.6. The van der Waals surface area contributed by atoms with E-state index in [1.54, 1.807) is 31.4 Å². The molecule has 0 fully saturated rings. The van der Waals surface area contributed by atoms with Gasteiger partial charge in [0.05, 0.1) is 19.2 Å². The Balaban J connectivity index is 1.67. The molecule has 27 heavy (non-hydrogen) atoms. The third-order valence-corrected chi connectivity index (χ3v) is 3.80. The van der Waals surface area contributed by atoms with Gasteiger partial charge in [-0.2, -0.15) is 13.2 Å². The number of hydrogen-bond donors (Lipinski definition) is 1. The molecule has 1 heterocycles. The van der Waals surface area contributed by atoms with E-state index in [2.05, 4.69) is 10.5 Å².